The first kappa shape index (κ1) is 20.8. The third-order valence-electron chi connectivity index (χ3n) is 4.60. The first-order valence-electron chi connectivity index (χ1n) is 9.24. The minimum atomic E-state index is -3.30. The van der Waals surface area contributed by atoms with Crippen LogP contribution in [0.15, 0.2) is 70.7 Å². The molecule has 4 aromatic rings. The third-order valence-corrected chi connectivity index (χ3v) is 6.76. The van der Waals surface area contributed by atoms with Crippen LogP contribution >= 0.6 is 11.3 Å². The molecule has 0 unspecified atom stereocenters. The molecular weight excluding hydrogens is 434 g/mol. The third kappa shape index (κ3) is 4.66. The Bertz CT molecular complexity index is 1480. The summed E-state index contributed by atoms with van der Waals surface area (Å²) in [4.78, 5) is 17.7. The quantitative estimate of drug-likeness (QED) is 0.269. The second-order valence-corrected chi connectivity index (χ2v) is 10.0. The highest BCUT2D eigenvalue weighted by Gasteiger charge is 2.15. The van der Waals surface area contributed by atoms with Crippen molar-refractivity contribution in [1.82, 2.24) is 9.55 Å². The zero-order valence-electron chi connectivity index (χ0n) is 16.5. The van der Waals surface area contributed by atoms with Crippen molar-refractivity contribution in [2.45, 2.75) is 17.9 Å². The van der Waals surface area contributed by atoms with E-state index in [4.69, 9.17) is 0 Å². The molecule has 1 aromatic carbocycles. The molecule has 0 aliphatic rings. The van der Waals surface area contributed by atoms with E-state index in [-0.39, 0.29) is 11.4 Å². The van der Waals surface area contributed by atoms with Crippen LogP contribution in [-0.2, 0) is 22.8 Å². The van der Waals surface area contributed by atoms with Crippen LogP contribution in [0.25, 0.3) is 10.2 Å². The van der Waals surface area contributed by atoms with Gasteiger partial charge < -0.3 is 5.21 Å². The number of aromatic nitrogens is 3. The number of sulfone groups is 1. The minimum Gasteiger partial charge on any atom is -0.707 e. The van der Waals surface area contributed by atoms with Gasteiger partial charge in [0, 0.05) is 25.1 Å². The molecule has 9 heteroatoms. The largest absolute Gasteiger partial charge is 0.707 e. The zero-order chi connectivity index (χ0) is 22.0. The van der Waals surface area contributed by atoms with E-state index in [0.717, 1.165) is 11.8 Å². The van der Waals surface area contributed by atoms with Gasteiger partial charge in [-0.3, -0.25) is 4.98 Å². The van der Waals surface area contributed by atoms with Crippen LogP contribution in [0.3, 0.4) is 0 Å². The molecule has 0 N–H and O–H groups in total. The molecular formula is C22H17N3O4S2. The van der Waals surface area contributed by atoms with Crippen LogP contribution in [-0.4, -0.2) is 24.2 Å². The summed E-state index contributed by atoms with van der Waals surface area (Å²) in [6.07, 6.45) is 6.74. The summed E-state index contributed by atoms with van der Waals surface area (Å²) in [5, 5.41) is 13.1. The Hall–Kier alpha value is -3.48. The molecule has 156 valence electrons. The maximum absolute atomic E-state index is 12.5. The van der Waals surface area contributed by atoms with Gasteiger partial charge in [-0.05, 0) is 41.5 Å². The van der Waals surface area contributed by atoms with Crippen LogP contribution < -0.4 is 10.4 Å². The van der Waals surface area contributed by atoms with E-state index in [1.807, 2.05) is 12.1 Å². The average Bonchev–Trinajstić information content (AvgIpc) is 3.15. The van der Waals surface area contributed by atoms with Crippen LogP contribution in [0.1, 0.15) is 16.0 Å². The lowest BCUT2D eigenvalue weighted by Crippen LogP contribution is -2.50. The standard InChI is InChI=1S/C22H17N3O4S2/c1-31(28,29)20-7-5-17(6-8-20)14-24-15-18-13-19(30-21(18)25(27)22(24)26)4-2-3-16-9-11-23-12-10-16/h5-13,15H,3,14H2,1H3. The topological polar surface area (TPSA) is 96.0 Å². The fourth-order valence-corrected chi connectivity index (χ4v) is 4.56. The summed E-state index contributed by atoms with van der Waals surface area (Å²) in [5.74, 6) is 6.12. The van der Waals surface area contributed by atoms with Gasteiger partial charge in [0.2, 0.25) is 0 Å². The van der Waals surface area contributed by atoms with E-state index in [1.54, 1.807) is 36.8 Å². The summed E-state index contributed by atoms with van der Waals surface area (Å²) < 4.78 is 24.9. The predicted molar refractivity (Wildman–Crippen MR) is 119 cm³/mol. The van der Waals surface area contributed by atoms with Gasteiger partial charge in [0.1, 0.15) is 12.7 Å². The number of benzene rings is 1. The van der Waals surface area contributed by atoms with Crippen molar-refractivity contribution in [3.05, 3.63) is 92.8 Å². The molecule has 0 aliphatic carbocycles. The van der Waals surface area contributed by atoms with Crippen LogP contribution in [0, 0.1) is 17.0 Å². The number of pyridine rings is 1. The molecule has 0 radical (unpaired) electrons. The molecule has 0 atom stereocenters. The summed E-state index contributed by atoms with van der Waals surface area (Å²) in [6, 6.07) is 11.8. The van der Waals surface area contributed by atoms with Crippen molar-refractivity contribution in [3.63, 3.8) is 0 Å². The zero-order valence-corrected chi connectivity index (χ0v) is 18.1. The lowest BCUT2D eigenvalue weighted by Gasteiger charge is -2.06. The van der Waals surface area contributed by atoms with E-state index in [9.17, 15) is 18.4 Å². The second-order valence-electron chi connectivity index (χ2n) is 6.96. The van der Waals surface area contributed by atoms with E-state index < -0.39 is 15.5 Å². The normalized spacial score (nSPS) is 11.3. The highest BCUT2D eigenvalue weighted by Crippen LogP contribution is 2.21. The molecule has 7 nitrogen and oxygen atoms in total. The minimum absolute atomic E-state index is 0.153. The van der Waals surface area contributed by atoms with Gasteiger partial charge in [0.05, 0.1) is 15.2 Å². The Morgan fingerprint density at radius 3 is 2.52 bits per heavy atom. The summed E-state index contributed by atoms with van der Waals surface area (Å²) >= 11 is 1.18. The highest BCUT2D eigenvalue weighted by atomic mass is 32.2. The SMILES string of the molecule is CS(=O)(=O)c1ccc(Cn2cc3cc(C#CCc4ccncc4)sc3[n+]([O-])c2=O)cc1. The Balaban J connectivity index is 1.61. The molecule has 0 saturated heterocycles. The van der Waals surface area contributed by atoms with Gasteiger partial charge >= 0.3 is 5.69 Å². The van der Waals surface area contributed by atoms with Gasteiger partial charge in [-0.15, -0.1) is 0 Å². The molecule has 0 bridgehead atoms. The van der Waals surface area contributed by atoms with Crippen molar-refractivity contribution in [1.29, 1.82) is 0 Å². The average molecular weight is 452 g/mol. The van der Waals surface area contributed by atoms with Gasteiger partial charge in [0.15, 0.2) is 14.7 Å². The summed E-state index contributed by atoms with van der Waals surface area (Å²) in [6.45, 7) is 0.153. The van der Waals surface area contributed by atoms with E-state index >= 15 is 0 Å². The number of hydrogen-bond donors (Lipinski definition) is 0. The van der Waals surface area contributed by atoms with Crippen molar-refractivity contribution >= 4 is 31.4 Å². The maximum atomic E-state index is 12.5. The molecule has 4 rings (SSSR count). The van der Waals surface area contributed by atoms with Crippen molar-refractivity contribution in [2.75, 3.05) is 6.26 Å². The molecule has 0 amide bonds. The van der Waals surface area contributed by atoms with Gasteiger partial charge in [-0.25, -0.2) is 8.42 Å². The van der Waals surface area contributed by atoms with Crippen LogP contribution in [0.2, 0.25) is 0 Å². The Morgan fingerprint density at radius 2 is 1.84 bits per heavy atom. The van der Waals surface area contributed by atoms with Gasteiger partial charge in [-0.1, -0.05) is 35.3 Å². The van der Waals surface area contributed by atoms with Gasteiger partial charge in [-0.2, -0.15) is 14.1 Å². The molecule has 0 saturated carbocycles. The monoisotopic (exact) mass is 451 g/mol. The first-order valence-corrected chi connectivity index (χ1v) is 12.0. The first-order chi connectivity index (χ1) is 14.8. The molecule has 0 aliphatic heterocycles. The summed E-state index contributed by atoms with van der Waals surface area (Å²) in [5.41, 5.74) is 1.06. The van der Waals surface area contributed by atoms with Crippen LogP contribution in [0.4, 0.5) is 0 Å². The predicted octanol–water partition coefficient (Wildman–Crippen LogP) is 2.14. The number of nitrogens with zero attached hydrogens (tertiary/aromatic N) is 3. The van der Waals surface area contributed by atoms with Crippen LogP contribution in [0.5, 0.6) is 0 Å². The number of rotatable bonds is 4. The van der Waals surface area contributed by atoms with Crippen molar-refractivity contribution in [3.8, 4) is 11.8 Å². The molecule has 3 aromatic heterocycles. The number of thiophene rings is 1. The maximum Gasteiger partial charge on any atom is 0.502 e. The number of hydrogen-bond acceptors (Lipinski definition) is 6. The fraction of sp³-hybridized carbons (Fsp3) is 0.136. The lowest BCUT2D eigenvalue weighted by atomic mass is 10.2. The lowest BCUT2D eigenvalue weighted by molar-refractivity contribution is -0.596. The second kappa shape index (κ2) is 8.34. The molecule has 0 fully saturated rings. The fourth-order valence-electron chi connectivity index (χ4n) is 3.02. The smallest absolute Gasteiger partial charge is 0.502 e. The van der Waals surface area contributed by atoms with Crippen molar-refractivity contribution in [2.24, 2.45) is 0 Å². The molecule has 31 heavy (non-hydrogen) atoms. The highest BCUT2D eigenvalue weighted by molar-refractivity contribution is 7.90. The Morgan fingerprint density at radius 1 is 1.13 bits per heavy atom. The Labute approximate surface area is 182 Å². The van der Waals surface area contributed by atoms with Crippen molar-refractivity contribution < 1.29 is 13.1 Å². The number of fused-ring (bicyclic) bond motifs is 1. The molecule has 3 heterocycles. The summed E-state index contributed by atoms with van der Waals surface area (Å²) in [7, 11) is -3.30. The van der Waals surface area contributed by atoms with E-state index in [2.05, 4.69) is 16.8 Å². The Kier molecular flexibility index (Phi) is 5.59. The molecule has 0 spiro atoms. The van der Waals surface area contributed by atoms with Gasteiger partial charge in [0.25, 0.3) is 0 Å². The van der Waals surface area contributed by atoms with E-state index in [1.165, 1.54) is 28.0 Å². The van der Waals surface area contributed by atoms with E-state index in [0.29, 0.717) is 31.8 Å².